The summed E-state index contributed by atoms with van der Waals surface area (Å²) in [6.45, 7) is 0.842. The van der Waals surface area contributed by atoms with Crippen molar-refractivity contribution in [1.82, 2.24) is 20.0 Å². The van der Waals surface area contributed by atoms with Gasteiger partial charge < -0.3 is 16.0 Å². The van der Waals surface area contributed by atoms with Gasteiger partial charge in [0.25, 0.3) is 5.91 Å². The number of hydrogen-bond donors (Lipinski definition) is 2. The summed E-state index contributed by atoms with van der Waals surface area (Å²) in [7, 11) is 0. The number of aromatic nitrogens is 2. The number of hydrogen-bond acceptors (Lipinski definition) is 4. The summed E-state index contributed by atoms with van der Waals surface area (Å²) in [6, 6.07) is 5.79. The number of benzene rings is 1. The summed E-state index contributed by atoms with van der Waals surface area (Å²) in [5, 5.41) is 16.2. The monoisotopic (exact) mass is 402 g/mol. The predicted octanol–water partition coefficient (Wildman–Crippen LogP) is 2.02. The van der Waals surface area contributed by atoms with Crippen LogP contribution in [-0.2, 0) is 13.1 Å². The highest BCUT2D eigenvalue weighted by Crippen LogP contribution is 2.35. The van der Waals surface area contributed by atoms with Crippen LogP contribution >= 0.6 is 11.6 Å². The number of nitriles is 1. The van der Waals surface area contributed by atoms with Gasteiger partial charge in [-0.1, -0.05) is 11.6 Å². The fourth-order valence-corrected chi connectivity index (χ4v) is 3.45. The number of rotatable bonds is 3. The zero-order valence-corrected chi connectivity index (χ0v) is 15.5. The number of carbonyl (C=O) groups excluding carboxylic acids is 2. The van der Waals surface area contributed by atoms with Crippen LogP contribution in [0.5, 0.6) is 0 Å². The Hall–Kier alpha value is -3.12. The van der Waals surface area contributed by atoms with Crippen LogP contribution in [0.25, 0.3) is 11.3 Å². The third-order valence-electron chi connectivity index (χ3n) is 5.02. The molecule has 3 N–H and O–H groups in total. The minimum absolute atomic E-state index is 0.0915. The molecule has 0 atom stereocenters. The van der Waals surface area contributed by atoms with Gasteiger partial charge in [0.05, 0.1) is 35.4 Å². The number of halogens is 2. The van der Waals surface area contributed by atoms with E-state index >= 15 is 0 Å². The van der Waals surface area contributed by atoms with Gasteiger partial charge in [-0.25, -0.2) is 9.18 Å². The minimum Gasteiger partial charge on any atom is -0.365 e. The Labute approximate surface area is 164 Å². The first-order valence-electron chi connectivity index (χ1n) is 8.67. The second-order valence-electron chi connectivity index (χ2n) is 6.93. The Kier molecular flexibility index (Phi) is 4.23. The van der Waals surface area contributed by atoms with Crippen LogP contribution in [0.1, 0.15) is 28.9 Å². The van der Waals surface area contributed by atoms with Crippen molar-refractivity contribution in [3.63, 3.8) is 0 Å². The Morgan fingerprint density at radius 1 is 1.36 bits per heavy atom. The Balaban J connectivity index is 1.67. The van der Waals surface area contributed by atoms with E-state index in [0.29, 0.717) is 42.9 Å². The lowest BCUT2D eigenvalue weighted by atomic mass is 10.0. The first-order chi connectivity index (χ1) is 13.3. The molecule has 2 aromatic rings. The van der Waals surface area contributed by atoms with Gasteiger partial charge in [0.2, 0.25) is 0 Å². The number of urea groups is 1. The van der Waals surface area contributed by atoms with Gasteiger partial charge >= 0.3 is 6.03 Å². The summed E-state index contributed by atoms with van der Waals surface area (Å²) in [5.41, 5.74) is 6.21. The topological polar surface area (TPSA) is 117 Å². The molecule has 2 aliphatic rings. The maximum Gasteiger partial charge on any atom is 0.319 e. The smallest absolute Gasteiger partial charge is 0.319 e. The Morgan fingerprint density at radius 2 is 2.11 bits per heavy atom. The minimum atomic E-state index is -0.780. The SMILES string of the molecule is N#CC1(NC(=O)N2CCn3nc(-c4ccc(F)c(Cl)c4)c(C(N)=O)c3C2)CC1. The van der Waals surface area contributed by atoms with Gasteiger partial charge in [0.15, 0.2) is 0 Å². The first-order valence-corrected chi connectivity index (χ1v) is 9.04. The van der Waals surface area contributed by atoms with E-state index in [9.17, 15) is 14.0 Å². The van der Waals surface area contributed by atoms with Crippen molar-refractivity contribution in [2.24, 2.45) is 5.73 Å². The van der Waals surface area contributed by atoms with Crippen LogP contribution in [0, 0.1) is 17.1 Å². The number of fused-ring (bicyclic) bond motifs is 1. The summed E-state index contributed by atoms with van der Waals surface area (Å²) in [5.74, 6) is -1.28. The number of carbonyl (C=O) groups is 2. The van der Waals surface area contributed by atoms with Crippen LogP contribution in [0.15, 0.2) is 18.2 Å². The molecule has 1 saturated carbocycles. The van der Waals surface area contributed by atoms with Crippen molar-refractivity contribution in [2.45, 2.75) is 31.5 Å². The van der Waals surface area contributed by atoms with E-state index in [1.807, 2.05) is 0 Å². The van der Waals surface area contributed by atoms with Crippen LogP contribution in [0.4, 0.5) is 9.18 Å². The molecular weight excluding hydrogens is 387 g/mol. The second kappa shape index (κ2) is 6.49. The standard InChI is InChI=1S/C18H16ClFN6O2/c19-11-7-10(1-2-12(11)20)15-14(16(22)27)13-8-25(5-6-26(13)24-15)17(28)23-18(9-21)3-4-18/h1-2,7H,3-6,8H2,(H2,22,27)(H,23,28). The maximum absolute atomic E-state index is 13.5. The van der Waals surface area contributed by atoms with Crippen LogP contribution in [-0.4, -0.2) is 38.7 Å². The average molecular weight is 403 g/mol. The number of amides is 3. The van der Waals surface area contributed by atoms with Crippen molar-refractivity contribution in [3.05, 3.63) is 40.3 Å². The molecule has 1 aromatic heterocycles. The highest BCUT2D eigenvalue weighted by atomic mass is 35.5. The lowest BCUT2D eigenvalue weighted by Gasteiger charge is -2.29. The zero-order chi connectivity index (χ0) is 20.1. The maximum atomic E-state index is 13.5. The van der Waals surface area contributed by atoms with Gasteiger partial charge in [-0.05, 0) is 31.0 Å². The summed E-state index contributed by atoms with van der Waals surface area (Å²) in [4.78, 5) is 26.2. The van der Waals surface area contributed by atoms with E-state index in [1.165, 1.54) is 23.1 Å². The summed E-state index contributed by atoms with van der Waals surface area (Å²) in [6.07, 6.45) is 1.26. The van der Waals surface area contributed by atoms with E-state index in [0.717, 1.165) is 0 Å². The zero-order valence-electron chi connectivity index (χ0n) is 14.7. The number of primary amides is 1. The highest BCUT2D eigenvalue weighted by Gasteiger charge is 2.45. The van der Waals surface area contributed by atoms with Crippen LogP contribution < -0.4 is 11.1 Å². The molecule has 3 amide bonds. The molecule has 8 nitrogen and oxygen atoms in total. The summed E-state index contributed by atoms with van der Waals surface area (Å²) >= 11 is 5.85. The third-order valence-corrected chi connectivity index (χ3v) is 5.31. The van der Waals surface area contributed by atoms with Crippen molar-refractivity contribution < 1.29 is 14.0 Å². The van der Waals surface area contributed by atoms with E-state index in [-0.39, 0.29) is 23.2 Å². The van der Waals surface area contributed by atoms with Crippen LogP contribution in [0.2, 0.25) is 5.02 Å². The quantitative estimate of drug-likeness (QED) is 0.816. The van der Waals surface area contributed by atoms with Crippen molar-refractivity contribution in [3.8, 4) is 17.3 Å². The molecule has 0 saturated heterocycles. The van der Waals surface area contributed by atoms with E-state index in [4.69, 9.17) is 22.6 Å². The van der Waals surface area contributed by atoms with E-state index in [1.54, 1.807) is 4.68 Å². The molecule has 1 aromatic carbocycles. The number of nitrogens with zero attached hydrogens (tertiary/aromatic N) is 4. The second-order valence-corrected chi connectivity index (χ2v) is 7.34. The normalized spacial score (nSPS) is 16.8. The van der Waals surface area contributed by atoms with Crippen LogP contribution in [0.3, 0.4) is 0 Å². The van der Waals surface area contributed by atoms with Gasteiger partial charge in [-0.3, -0.25) is 9.48 Å². The summed E-state index contributed by atoms with van der Waals surface area (Å²) < 4.78 is 15.1. The lowest BCUT2D eigenvalue weighted by Crippen LogP contribution is -2.48. The molecule has 0 unspecified atom stereocenters. The molecule has 10 heteroatoms. The molecule has 1 aliphatic heterocycles. The van der Waals surface area contributed by atoms with E-state index < -0.39 is 17.3 Å². The van der Waals surface area contributed by atoms with Crippen molar-refractivity contribution in [1.29, 1.82) is 5.26 Å². The molecule has 0 radical (unpaired) electrons. The van der Waals surface area contributed by atoms with Gasteiger partial charge in [0, 0.05) is 12.1 Å². The molecule has 0 spiro atoms. The lowest BCUT2D eigenvalue weighted by molar-refractivity contribution is 0.0997. The largest absolute Gasteiger partial charge is 0.365 e. The first kappa shape index (κ1) is 18.3. The Bertz CT molecular complexity index is 1040. The molecule has 28 heavy (non-hydrogen) atoms. The molecule has 1 fully saturated rings. The van der Waals surface area contributed by atoms with Crippen molar-refractivity contribution >= 4 is 23.5 Å². The number of nitrogens with two attached hydrogens (primary N) is 1. The molecule has 0 bridgehead atoms. The number of nitrogens with one attached hydrogen (secondary N) is 1. The third kappa shape index (κ3) is 3.05. The van der Waals surface area contributed by atoms with Gasteiger partial charge in [0.1, 0.15) is 17.1 Å². The van der Waals surface area contributed by atoms with E-state index in [2.05, 4.69) is 16.5 Å². The van der Waals surface area contributed by atoms with Gasteiger partial charge in [-0.2, -0.15) is 10.4 Å². The van der Waals surface area contributed by atoms with Gasteiger partial charge in [-0.15, -0.1) is 0 Å². The molecule has 2 heterocycles. The molecular formula is C18H16ClFN6O2. The molecule has 1 aliphatic carbocycles. The fraction of sp³-hybridized carbons (Fsp3) is 0.333. The predicted molar refractivity (Wildman–Crippen MR) is 97.7 cm³/mol. The Morgan fingerprint density at radius 3 is 2.71 bits per heavy atom. The average Bonchev–Trinajstić information content (AvgIpc) is 3.33. The van der Waals surface area contributed by atoms with Crippen molar-refractivity contribution in [2.75, 3.05) is 6.54 Å². The molecule has 144 valence electrons. The molecule has 4 rings (SSSR count). The fourth-order valence-electron chi connectivity index (χ4n) is 3.27. The highest BCUT2D eigenvalue weighted by molar-refractivity contribution is 6.31.